The van der Waals surface area contributed by atoms with E-state index in [1.165, 1.54) is 18.2 Å². The highest BCUT2D eigenvalue weighted by molar-refractivity contribution is 5.97. The molecular weight excluding hydrogens is 262 g/mol. The molecule has 20 heavy (non-hydrogen) atoms. The van der Waals surface area contributed by atoms with Gasteiger partial charge in [-0.15, -0.1) is 0 Å². The van der Waals surface area contributed by atoms with E-state index in [0.29, 0.717) is 13.1 Å². The summed E-state index contributed by atoms with van der Waals surface area (Å²) in [6.45, 7) is 1.05. The number of nitrogens with two attached hydrogens (primary N) is 1. The van der Waals surface area contributed by atoms with Gasteiger partial charge in [-0.3, -0.25) is 0 Å². The zero-order valence-corrected chi connectivity index (χ0v) is 10.9. The number of likely N-dealkylation sites (tertiary alicyclic amines) is 1. The molecule has 0 bridgehead atoms. The normalized spacial score (nSPS) is 18.6. The summed E-state index contributed by atoms with van der Waals surface area (Å²) in [6, 6.07) is 3.74. The van der Waals surface area contributed by atoms with Gasteiger partial charge in [0.1, 0.15) is 5.56 Å². The molecule has 2 amide bonds. The van der Waals surface area contributed by atoms with Crippen LogP contribution < -0.4 is 11.1 Å². The Morgan fingerprint density at radius 3 is 2.80 bits per heavy atom. The number of carboxylic acid groups (broad SMARTS) is 1. The number of urea groups is 1. The third-order valence-corrected chi connectivity index (χ3v) is 3.25. The van der Waals surface area contributed by atoms with Gasteiger partial charge < -0.3 is 26.2 Å². The Bertz CT molecular complexity index is 532. The molecule has 1 aliphatic heterocycles. The second-order valence-electron chi connectivity index (χ2n) is 4.79. The lowest BCUT2D eigenvalue weighted by Gasteiger charge is -2.30. The maximum atomic E-state index is 12.0. The van der Waals surface area contributed by atoms with E-state index in [9.17, 15) is 14.7 Å². The molecule has 1 fully saturated rings. The Morgan fingerprint density at radius 1 is 1.40 bits per heavy atom. The number of aromatic hydroxyl groups is 1. The smallest absolute Gasteiger partial charge is 0.339 e. The third kappa shape index (κ3) is 3.00. The Labute approximate surface area is 116 Å². The molecule has 7 nitrogen and oxygen atoms in total. The number of para-hydroxylation sites is 1. The van der Waals surface area contributed by atoms with Gasteiger partial charge in [-0.1, -0.05) is 6.07 Å². The minimum Gasteiger partial charge on any atom is -0.505 e. The number of nitrogens with zero attached hydrogens (tertiary/aromatic N) is 1. The molecule has 2 rings (SSSR count). The van der Waals surface area contributed by atoms with Crippen LogP contribution in [0.4, 0.5) is 10.5 Å². The van der Waals surface area contributed by atoms with Gasteiger partial charge >= 0.3 is 12.0 Å². The number of benzene rings is 1. The molecule has 1 aromatic rings. The maximum absolute atomic E-state index is 12.0. The molecular formula is C13H17N3O4. The predicted octanol–water partition coefficient (Wildman–Crippen LogP) is 1.05. The Morgan fingerprint density at radius 2 is 2.15 bits per heavy atom. The van der Waals surface area contributed by atoms with Crippen molar-refractivity contribution in [2.24, 2.45) is 5.73 Å². The number of rotatable bonds is 2. The summed E-state index contributed by atoms with van der Waals surface area (Å²) in [4.78, 5) is 24.5. The van der Waals surface area contributed by atoms with Gasteiger partial charge in [0.15, 0.2) is 5.75 Å². The van der Waals surface area contributed by atoms with Crippen LogP contribution in [0.5, 0.6) is 5.75 Å². The highest BCUT2D eigenvalue weighted by atomic mass is 16.4. The molecule has 0 saturated carbocycles. The fourth-order valence-corrected chi connectivity index (χ4v) is 2.21. The van der Waals surface area contributed by atoms with Crippen LogP contribution in [0, 0.1) is 0 Å². The summed E-state index contributed by atoms with van der Waals surface area (Å²) >= 11 is 0. The first-order chi connectivity index (χ1) is 9.49. The largest absolute Gasteiger partial charge is 0.505 e. The zero-order chi connectivity index (χ0) is 14.7. The van der Waals surface area contributed by atoms with Crippen LogP contribution in [0.3, 0.4) is 0 Å². The number of carbonyl (C=O) groups excluding carboxylic acids is 1. The molecule has 1 atom stereocenters. The van der Waals surface area contributed by atoms with Crippen LogP contribution in [-0.2, 0) is 0 Å². The van der Waals surface area contributed by atoms with E-state index in [-0.39, 0.29) is 17.3 Å². The van der Waals surface area contributed by atoms with Gasteiger partial charge in [0.05, 0.1) is 5.69 Å². The minimum atomic E-state index is -1.25. The van der Waals surface area contributed by atoms with Crippen LogP contribution >= 0.6 is 0 Å². The van der Waals surface area contributed by atoms with Gasteiger partial charge in [0, 0.05) is 19.1 Å². The number of carbonyl (C=O) groups is 2. The summed E-state index contributed by atoms with van der Waals surface area (Å²) < 4.78 is 0. The standard InChI is InChI=1S/C13H17N3O4/c14-8-3-2-6-16(7-8)13(20)15-10-5-1-4-9(11(10)17)12(18)19/h1,4-5,8,17H,2-3,6-7,14H2,(H,15,20)(H,18,19). The number of hydrogen-bond acceptors (Lipinski definition) is 4. The summed E-state index contributed by atoms with van der Waals surface area (Å²) in [5, 5.41) is 21.2. The first-order valence-corrected chi connectivity index (χ1v) is 6.36. The van der Waals surface area contributed by atoms with E-state index in [2.05, 4.69) is 5.32 Å². The lowest BCUT2D eigenvalue weighted by molar-refractivity contribution is 0.0693. The highest BCUT2D eigenvalue weighted by Gasteiger charge is 2.22. The highest BCUT2D eigenvalue weighted by Crippen LogP contribution is 2.27. The number of amides is 2. The summed E-state index contributed by atoms with van der Waals surface area (Å²) in [5.41, 5.74) is 5.63. The molecule has 1 unspecified atom stereocenters. The van der Waals surface area contributed by atoms with Crippen LogP contribution in [0.15, 0.2) is 18.2 Å². The maximum Gasteiger partial charge on any atom is 0.339 e. The van der Waals surface area contributed by atoms with Crippen molar-refractivity contribution < 1.29 is 19.8 Å². The quantitative estimate of drug-likeness (QED) is 0.604. The molecule has 0 radical (unpaired) electrons. The lowest BCUT2D eigenvalue weighted by atomic mass is 10.1. The molecule has 0 aromatic heterocycles. The Hall–Kier alpha value is -2.28. The fourth-order valence-electron chi connectivity index (χ4n) is 2.21. The molecule has 1 saturated heterocycles. The summed E-state index contributed by atoms with van der Waals surface area (Å²) in [5.74, 6) is -1.70. The Kier molecular flexibility index (Phi) is 4.09. The van der Waals surface area contributed by atoms with E-state index in [1.54, 1.807) is 4.90 Å². The second kappa shape index (κ2) is 5.79. The van der Waals surface area contributed by atoms with E-state index in [4.69, 9.17) is 10.8 Å². The topological polar surface area (TPSA) is 116 Å². The van der Waals surface area contributed by atoms with Crippen molar-refractivity contribution in [3.8, 4) is 5.75 Å². The lowest BCUT2D eigenvalue weighted by Crippen LogP contribution is -2.47. The predicted molar refractivity (Wildman–Crippen MR) is 72.9 cm³/mol. The third-order valence-electron chi connectivity index (χ3n) is 3.25. The number of nitrogens with one attached hydrogen (secondary N) is 1. The minimum absolute atomic E-state index is 0.0477. The Balaban J connectivity index is 2.11. The number of anilines is 1. The van der Waals surface area contributed by atoms with Gasteiger partial charge in [0.2, 0.25) is 0 Å². The molecule has 0 aliphatic carbocycles. The van der Waals surface area contributed by atoms with Gasteiger partial charge in [-0.2, -0.15) is 0 Å². The van der Waals surface area contributed by atoms with Crippen molar-refractivity contribution in [2.75, 3.05) is 18.4 Å². The number of carboxylic acids is 1. The van der Waals surface area contributed by atoms with Gasteiger partial charge in [-0.05, 0) is 25.0 Å². The van der Waals surface area contributed by atoms with Crippen molar-refractivity contribution in [3.63, 3.8) is 0 Å². The van der Waals surface area contributed by atoms with Crippen molar-refractivity contribution in [1.29, 1.82) is 0 Å². The molecule has 1 aromatic carbocycles. The monoisotopic (exact) mass is 279 g/mol. The number of hydrogen-bond donors (Lipinski definition) is 4. The molecule has 108 valence electrons. The van der Waals surface area contributed by atoms with E-state index in [0.717, 1.165) is 12.8 Å². The second-order valence-corrected chi connectivity index (χ2v) is 4.79. The first-order valence-electron chi connectivity index (χ1n) is 6.36. The average molecular weight is 279 g/mol. The van der Waals surface area contributed by atoms with Crippen LogP contribution in [0.25, 0.3) is 0 Å². The van der Waals surface area contributed by atoms with E-state index in [1.807, 2.05) is 0 Å². The van der Waals surface area contributed by atoms with Crippen molar-refractivity contribution in [3.05, 3.63) is 23.8 Å². The summed E-state index contributed by atoms with van der Waals surface area (Å²) in [6.07, 6.45) is 1.71. The number of aromatic carboxylic acids is 1. The van der Waals surface area contributed by atoms with Crippen LogP contribution in [0.1, 0.15) is 23.2 Å². The number of phenols is 1. The van der Waals surface area contributed by atoms with E-state index < -0.39 is 17.7 Å². The zero-order valence-electron chi connectivity index (χ0n) is 10.9. The van der Waals surface area contributed by atoms with Crippen LogP contribution in [0.2, 0.25) is 0 Å². The average Bonchev–Trinajstić information content (AvgIpc) is 2.40. The number of piperidine rings is 1. The fraction of sp³-hybridized carbons (Fsp3) is 0.385. The molecule has 0 spiro atoms. The SMILES string of the molecule is NC1CCCN(C(=O)Nc2cccc(C(=O)O)c2O)C1. The van der Waals surface area contributed by atoms with Gasteiger partial charge in [0.25, 0.3) is 0 Å². The van der Waals surface area contributed by atoms with Gasteiger partial charge in [-0.25, -0.2) is 9.59 Å². The first kappa shape index (κ1) is 14.1. The van der Waals surface area contributed by atoms with Crippen molar-refractivity contribution in [1.82, 2.24) is 4.90 Å². The molecule has 1 aliphatic rings. The van der Waals surface area contributed by atoms with Crippen molar-refractivity contribution in [2.45, 2.75) is 18.9 Å². The molecule has 7 heteroatoms. The molecule has 5 N–H and O–H groups in total. The van der Waals surface area contributed by atoms with Crippen molar-refractivity contribution >= 4 is 17.7 Å². The molecule has 1 heterocycles. The summed E-state index contributed by atoms with van der Waals surface area (Å²) in [7, 11) is 0. The van der Waals surface area contributed by atoms with Crippen LogP contribution in [-0.4, -0.2) is 46.2 Å². The van der Waals surface area contributed by atoms with E-state index >= 15 is 0 Å².